The Morgan fingerprint density at radius 3 is 2.21 bits per heavy atom. The largest absolute Gasteiger partial charge is 0.490 e. The molecule has 0 aromatic heterocycles. The normalized spacial score (nSPS) is 11.3. The molecule has 0 heterocycles. The number of esters is 2. The summed E-state index contributed by atoms with van der Waals surface area (Å²) in [5, 5.41) is 5.25. The summed E-state index contributed by atoms with van der Waals surface area (Å²) < 4.78 is 15.7. The number of rotatable bonds is 10. The Bertz CT molecular complexity index is 1440. The van der Waals surface area contributed by atoms with Crippen molar-refractivity contribution < 1.29 is 28.6 Å². The summed E-state index contributed by atoms with van der Waals surface area (Å²) in [6.45, 7) is 5.52. The fourth-order valence-corrected chi connectivity index (χ4v) is 3.87. The Morgan fingerprint density at radius 2 is 1.47 bits per heavy atom. The third-order valence-electron chi connectivity index (χ3n) is 5.82. The highest BCUT2D eigenvalue weighted by molar-refractivity contribution is 5.95. The van der Waals surface area contributed by atoms with E-state index in [2.05, 4.69) is 11.9 Å². The Kier molecular flexibility index (Phi) is 8.51. The van der Waals surface area contributed by atoms with Gasteiger partial charge in [0.25, 0.3) is 5.91 Å². The van der Waals surface area contributed by atoms with E-state index >= 15 is 0 Å². The predicted molar refractivity (Wildman–Crippen MR) is 144 cm³/mol. The summed E-state index contributed by atoms with van der Waals surface area (Å²) in [6.07, 6.45) is 1.08. The molecule has 4 aromatic carbocycles. The minimum atomic E-state index is -0.543. The molecule has 0 fully saturated rings. The third-order valence-corrected chi connectivity index (χ3v) is 5.82. The maximum absolute atomic E-state index is 12.8. The Balaban J connectivity index is 1.30. The first kappa shape index (κ1) is 26.2. The zero-order chi connectivity index (χ0) is 26.9. The fourth-order valence-electron chi connectivity index (χ4n) is 3.87. The molecule has 7 heteroatoms. The van der Waals surface area contributed by atoms with Crippen LogP contribution in [0.2, 0.25) is 0 Å². The van der Waals surface area contributed by atoms with Crippen molar-refractivity contribution >= 4 is 28.6 Å². The van der Waals surface area contributed by atoms with E-state index < -0.39 is 11.9 Å². The van der Waals surface area contributed by atoms with Gasteiger partial charge in [-0.25, -0.2) is 9.59 Å². The van der Waals surface area contributed by atoms with Crippen LogP contribution in [0.5, 0.6) is 11.5 Å². The number of benzene rings is 4. The van der Waals surface area contributed by atoms with E-state index in [0.717, 1.165) is 22.4 Å². The SMILES string of the molecule is C=CC(=O)OCCOc1ccc(C(=O)Oc2ccc(C(=O)NC(C)c3cccc4ccccc34)cc2)cc1. The van der Waals surface area contributed by atoms with Crippen LogP contribution in [-0.2, 0) is 9.53 Å². The summed E-state index contributed by atoms with van der Waals surface area (Å²) in [5.74, 6) is -0.450. The summed E-state index contributed by atoms with van der Waals surface area (Å²) in [5.41, 5.74) is 1.83. The molecule has 0 aliphatic heterocycles. The number of hydrogen-bond donors (Lipinski definition) is 1. The summed E-state index contributed by atoms with van der Waals surface area (Å²) in [4.78, 5) is 36.4. The van der Waals surface area contributed by atoms with Crippen molar-refractivity contribution in [2.45, 2.75) is 13.0 Å². The molecule has 0 saturated carbocycles. The fraction of sp³-hybridized carbons (Fsp3) is 0.129. The molecule has 4 rings (SSSR count). The lowest BCUT2D eigenvalue weighted by molar-refractivity contribution is -0.138. The standard InChI is InChI=1S/C31H27NO6/c1-3-29(33)37-20-19-36-25-15-13-24(14-16-25)31(35)38-26-17-11-23(12-18-26)30(34)32-21(2)27-10-6-8-22-7-4-5-9-28(22)27/h3-18,21H,1,19-20H2,2H3,(H,32,34). The topological polar surface area (TPSA) is 90.9 Å². The van der Waals surface area contributed by atoms with E-state index in [1.165, 1.54) is 0 Å². The van der Waals surface area contributed by atoms with Gasteiger partial charge in [-0.2, -0.15) is 0 Å². The van der Waals surface area contributed by atoms with Gasteiger partial charge < -0.3 is 19.5 Å². The van der Waals surface area contributed by atoms with Crippen LogP contribution in [0.15, 0.2) is 104 Å². The molecule has 4 aromatic rings. The highest BCUT2D eigenvalue weighted by Gasteiger charge is 2.15. The zero-order valence-electron chi connectivity index (χ0n) is 20.9. The summed E-state index contributed by atoms with van der Waals surface area (Å²) in [6, 6.07) is 26.7. The van der Waals surface area contributed by atoms with Crippen LogP contribution in [0.1, 0.15) is 39.2 Å². The van der Waals surface area contributed by atoms with Crippen LogP contribution in [-0.4, -0.2) is 31.1 Å². The summed E-state index contributed by atoms with van der Waals surface area (Å²) in [7, 11) is 0. The lowest BCUT2D eigenvalue weighted by Crippen LogP contribution is -2.26. The van der Waals surface area contributed by atoms with Gasteiger partial charge in [0.2, 0.25) is 0 Å². The van der Waals surface area contributed by atoms with Crippen LogP contribution in [0.3, 0.4) is 0 Å². The van der Waals surface area contributed by atoms with Crippen molar-refractivity contribution in [3.05, 3.63) is 120 Å². The second kappa shape index (κ2) is 12.4. The van der Waals surface area contributed by atoms with Gasteiger partial charge in [-0.05, 0) is 71.8 Å². The number of carbonyl (C=O) groups is 3. The second-order valence-corrected chi connectivity index (χ2v) is 8.42. The van der Waals surface area contributed by atoms with Crippen molar-refractivity contribution in [2.24, 2.45) is 0 Å². The monoisotopic (exact) mass is 509 g/mol. The molecule has 1 atom stereocenters. The van der Waals surface area contributed by atoms with Gasteiger partial charge in [0, 0.05) is 11.6 Å². The van der Waals surface area contributed by atoms with Gasteiger partial charge in [-0.15, -0.1) is 0 Å². The van der Waals surface area contributed by atoms with E-state index in [9.17, 15) is 14.4 Å². The van der Waals surface area contributed by atoms with Crippen molar-refractivity contribution in [3.8, 4) is 11.5 Å². The van der Waals surface area contributed by atoms with Crippen LogP contribution < -0.4 is 14.8 Å². The maximum atomic E-state index is 12.8. The number of amides is 1. The molecule has 38 heavy (non-hydrogen) atoms. The van der Waals surface area contributed by atoms with Crippen molar-refractivity contribution in [1.29, 1.82) is 0 Å². The molecule has 1 N–H and O–H groups in total. The van der Waals surface area contributed by atoms with Crippen molar-refractivity contribution in [1.82, 2.24) is 5.32 Å². The minimum Gasteiger partial charge on any atom is -0.490 e. The predicted octanol–water partition coefficient (Wildman–Crippen LogP) is 5.66. The van der Waals surface area contributed by atoms with E-state index in [1.807, 2.05) is 49.4 Å². The lowest BCUT2D eigenvalue weighted by Gasteiger charge is -2.17. The molecular weight excluding hydrogens is 482 g/mol. The third kappa shape index (κ3) is 6.64. The van der Waals surface area contributed by atoms with Gasteiger partial charge in [0.1, 0.15) is 24.7 Å². The first-order valence-electron chi connectivity index (χ1n) is 12.1. The average molecular weight is 510 g/mol. The van der Waals surface area contributed by atoms with Crippen molar-refractivity contribution in [3.63, 3.8) is 0 Å². The molecule has 0 aliphatic rings. The van der Waals surface area contributed by atoms with E-state index in [4.69, 9.17) is 14.2 Å². The lowest BCUT2D eigenvalue weighted by atomic mass is 9.99. The highest BCUT2D eigenvalue weighted by Crippen LogP contribution is 2.24. The maximum Gasteiger partial charge on any atom is 0.343 e. The van der Waals surface area contributed by atoms with Gasteiger partial charge >= 0.3 is 11.9 Å². The second-order valence-electron chi connectivity index (χ2n) is 8.42. The Morgan fingerprint density at radius 1 is 0.816 bits per heavy atom. The quantitative estimate of drug-likeness (QED) is 0.128. The van der Waals surface area contributed by atoms with Gasteiger partial charge in [0.15, 0.2) is 0 Å². The smallest absolute Gasteiger partial charge is 0.343 e. The molecule has 0 aliphatic carbocycles. The van der Waals surface area contributed by atoms with E-state index in [0.29, 0.717) is 22.6 Å². The van der Waals surface area contributed by atoms with Gasteiger partial charge in [-0.1, -0.05) is 49.0 Å². The molecule has 7 nitrogen and oxygen atoms in total. The molecule has 1 amide bonds. The molecular formula is C31H27NO6. The molecule has 0 saturated heterocycles. The Labute approximate surface area is 220 Å². The number of hydrogen-bond acceptors (Lipinski definition) is 6. The van der Waals surface area contributed by atoms with Crippen LogP contribution in [0.25, 0.3) is 10.8 Å². The number of fused-ring (bicyclic) bond motifs is 1. The van der Waals surface area contributed by atoms with E-state index in [-0.39, 0.29) is 25.2 Å². The van der Waals surface area contributed by atoms with Gasteiger partial charge in [-0.3, -0.25) is 4.79 Å². The first-order chi connectivity index (χ1) is 18.4. The average Bonchev–Trinajstić information content (AvgIpc) is 2.95. The number of nitrogens with one attached hydrogen (secondary N) is 1. The Hall–Kier alpha value is -4.91. The molecule has 0 bridgehead atoms. The van der Waals surface area contributed by atoms with Crippen molar-refractivity contribution in [2.75, 3.05) is 13.2 Å². The summed E-state index contributed by atoms with van der Waals surface area (Å²) >= 11 is 0. The molecule has 192 valence electrons. The van der Waals surface area contributed by atoms with Crippen LogP contribution in [0.4, 0.5) is 0 Å². The van der Waals surface area contributed by atoms with Gasteiger partial charge in [0.05, 0.1) is 11.6 Å². The number of carbonyl (C=O) groups excluding carboxylic acids is 3. The minimum absolute atomic E-state index is 0.0880. The van der Waals surface area contributed by atoms with Crippen LogP contribution >= 0.6 is 0 Å². The molecule has 0 spiro atoms. The first-order valence-corrected chi connectivity index (χ1v) is 12.1. The van der Waals surface area contributed by atoms with Crippen LogP contribution in [0, 0.1) is 0 Å². The molecule has 1 unspecified atom stereocenters. The van der Waals surface area contributed by atoms with E-state index in [1.54, 1.807) is 48.5 Å². The number of ether oxygens (including phenoxy) is 3. The molecule has 0 radical (unpaired) electrons. The zero-order valence-corrected chi connectivity index (χ0v) is 20.9. The highest BCUT2D eigenvalue weighted by atomic mass is 16.6.